The SMILES string of the molecule is CC(Cl)C(=O)N1N=C(c2ccc(F)cc2)CC1c1ccccc1. The van der Waals surface area contributed by atoms with E-state index in [9.17, 15) is 9.18 Å². The highest BCUT2D eigenvalue weighted by Gasteiger charge is 2.34. The Bertz CT molecular complexity index is 728. The standard InChI is InChI=1S/C18H16ClFN2O/c1-12(19)18(23)22-17(14-5-3-2-4-6-14)11-16(21-22)13-7-9-15(20)10-8-13/h2-10,12,17H,11H2,1H3. The number of carbonyl (C=O) groups is 1. The molecule has 0 aliphatic carbocycles. The number of carbonyl (C=O) groups excluding carboxylic acids is 1. The first kappa shape index (κ1) is 15.7. The zero-order valence-corrected chi connectivity index (χ0v) is 13.4. The molecular weight excluding hydrogens is 315 g/mol. The first-order valence-electron chi connectivity index (χ1n) is 7.42. The number of rotatable bonds is 3. The maximum atomic E-state index is 13.1. The van der Waals surface area contributed by atoms with E-state index in [0.717, 1.165) is 16.8 Å². The summed E-state index contributed by atoms with van der Waals surface area (Å²) in [5.74, 6) is -0.535. The summed E-state index contributed by atoms with van der Waals surface area (Å²) in [6.07, 6.45) is 0.574. The van der Waals surface area contributed by atoms with Crippen LogP contribution < -0.4 is 0 Å². The summed E-state index contributed by atoms with van der Waals surface area (Å²) in [7, 11) is 0. The number of nitrogens with zero attached hydrogens (tertiary/aromatic N) is 2. The van der Waals surface area contributed by atoms with Gasteiger partial charge in [-0.15, -0.1) is 11.6 Å². The normalized spacial score (nSPS) is 18.7. The Labute approximate surface area is 139 Å². The lowest BCUT2D eigenvalue weighted by atomic mass is 9.98. The fraction of sp³-hybridized carbons (Fsp3) is 0.222. The van der Waals surface area contributed by atoms with Gasteiger partial charge in [-0.2, -0.15) is 5.10 Å². The zero-order chi connectivity index (χ0) is 16.4. The van der Waals surface area contributed by atoms with Crippen molar-refractivity contribution in [1.29, 1.82) is 0 Å². The van der Waals surface area contributed by atoms with E-state index in [2.05, 4.69) is 5.10 Å². The van der Waals surface area contributed by atoms with Crippen molar-refractivity contribution in [3.63, 3.8) is 0 Å². The lowest BCUT2D eigenvalue weighted by Crippen LogP contribution is -2.32. The van der Waals surface area contributed by atoms with Gasteiger partial charge in [0.1, 0.15) is 11.2 Å². The number of benzene rings is 2. The molecule has 3 rings (SSSR count). The molecule has 0 N–H and O–H groups in total. The van der Waals surface area contributed by atoms with Gasteiger partial charge in [-0.25, -0.2) is 9.40 Å². The minimum absolute atomic E-state index is 0.190. The third-order valence-electron chi connectivity index (χ3n) is 3.84. The maximum Gasteiger partial charge on any atom is 0.261 e. The summed E-state index contributed by atoms with van der Waals surface area (Å²) in [5, 5.41) is 5.26. The highest BCUT2D eigenvalue weighted by atomic mass is 35.5. The van der Waals surface area contributed by atoms with Gasteiger partial charge in [-0.05, 0) is 30.2 Å². The molecule has 2 atom stereocenters. The average Bonchev–Trinajstić information content (AvgIpc) is 3.00. The van der Waals surface area contributed by atoms with Gasteiger partial charge in [0, 0.05) is 6.42 Å². The topological polar surface area (TPSA) is 32.7 Å². The summed E-state index contributed by atoms with van der Waals surface area (Å²) < 4.78 is 13.1. The average molecular weight is 331 g/mol. The number of halogens is 2. The minimum Gasteiger partial charge on any atom is -0.271 e. The third-order valence-corrected chi connectivity index (χ3v) is 4.02. The number of alkyl halides is 1. The lowest BCUT2D eigenvalue weighted by Gasteiger charge is -2.22. The van der Waals surface area contributed by atoms with Gasteiger partial charge in [-0.1, -0.05) is 42.5 Å². The van der Waals surface area contributed by atoms with Crippen molar-refractivity contribution in [3.05, 3.63) is 71.5 Å². The minimum atomic E-state index is -0.655. The maximum absolute atomic E-state index is 13.1. The van der Waals surface area contributed by atoms with Crippen LogP contribution in [0.15, 0.2) is 59.7 Å². The third kappa shape index (κ3) is 3.27. The van der Waals surface area contributed by atoms with E-state index in [0.29, 0.717) is 6.42 Å². The number of amides is 1. The molecule has 0 saturated heterocycles. The molecule has 0 saturated carbocycles. The second-order valence-corrected chi connectivity index (χ2v) is 6.14. The van der Waals surface area contributed by atoms with Gasteiger partial charge in [0.2, 0.25) is 0 Å². The van der Waals surface area contributed by atoms with Gasteiger partial charge in [0.15, 0.2) is 0 Å². The Morgan fingerprint density at radius 3 is 2.48 bits per heavy atom. The van der Waals surface area contributed by atoms with Gasteiger partial charge in [0.25, 0.3) is 5.91 Å². The van der Waals surface area contributed by atoms with Gasteiger partial charge >= 0.3 is 0 Å². The summed E-state index contributed by atoms with van der Waals surface area (Å²) >= 11 is 5.97. The monoisotopic (exact) mass is 330 g/mol. The smallest absolute Gasteiger partial charge is 0.261 e. The molecule has 0 fully saturated rings. The van der Waals surface area contributed by atoms with Crippen LogP contribution in [-0.4, -0.2) is 22.0 Å². The predicted molar refractivity (Wildman–Crippen MR) is 88.9 cm³/mol. The van der Waals surface area contributed by atoms with Crippen LogP contribution in [0, 0.1) is 5.82 Å². The molecule has 3 nitrogen and oxygen atoms in total. The lowest BCUT2D eigenvalue weighted by molar-refractivity contribution is -0.132. The molecule has 1 aliphatic rings. The van der Waals surface area contributed by atoms with Crippen molar-refractivity contribution in [2.45, 2.75) is 24.8 Å². The summed E-state index contributed by atoms with van der Waals surface area (Å²) in [5.41, 5.74) is 2.56. The van der Waals surface area contributed by atoms with E-state index >= 15 is 0 Å². The zero-order valence-electron chi connectivity index (χ0n) is 12.6. The molecule has 0 spiro atoms. The highest BCUT2D eigenvalue weighted by molar-refractivity contribution is 6.30. The molecule has 5 heteroatoms. The van der Waals surface area contributed by atoms with Crippen molar-refractivity contribution in [2.75, 3.05) is 0 Å². The van der Waals surface area contributed by atoms with Crippen LogP contribution in [-0.2, 0) is 4.79 Å². The predicted octanol–water partition coefficient (Wildman–Crippen LogP) is 4.13. The van der Waals surface area contributed by atoms with E-state index in [1.165, 1.54) is 17.1 Å². The second-order valence-electron chi connectivity index (χ2n) is 5.48. The molecule has 1 heterocycles. The van der Waals surface area contributed by atoms with Gasteiger partial charge in [-0.3, -0.25) is 4.79 Å². The van der Waals surface area contributed by atoms with Crippen LogP contribution in [0.2, 0.25) is 0 Å². The first-order valence-corrected chi connectivity index (χ1v) is 7.85. The molecule has 0 bridgehead atoms. The van der Waals surface area contributed by atoms with E-state index in [1.54, 1.807) is 19.1 Å². The molecule has 1 amide bonds. The quantitative estimate of drug-likeness (QED) is 0.779. The molecule has 1 aliphatic heterocycles. The van der Waals surface area contributed by atoms with E-state index in [4.69, 9.17) is 11.6 Å². The first-order chi connectivity index (χ1) is 11.1. The molecule has 0 radical (unpaired) electrons. The Hall–Kier alpha value is -2.20. The van der Waals surface area contributed by atoms with Crippen LogP contribution in [0.25, 0.3) is 0 Å². The largest absolute Gasteiger partial charge is 0.271 e. The summed E-state index contributed by atoms with van der Waals surface area (Å²) in [6.45, 7) is 1.64. The Balaban J connectivity index is 1.96. The van der Waals surface area contributed by atoms with Crippen LogP contribution in [0.3, 0.4) is 0 Å². The van der Waals surface area contributed by atoms with Crippen molar-refractivity contribution in [3.8, 4) is 0 Å². The fourth-order valence-corrected chi connectivity index (χ4v) is 2.75. The van der Waals surface area contributed by atoms with Gasteiger partial charge < -0.3 is 0 Å². The van der Waals surface area contributed by atoms with E-state index < -0.39 is 5.38 Å². The van der Waals surface area contributed by atoms with Crippen molar-refractivity contribution < 1.29 is 9.18 Å². The van der Waals surface area contributed by atoms with Crippen LogP contribution >= 0.6 is 11.6 Å². The Morgan fingerprint density at radius 1 is 1.22 bits per heavy atom. The summed E-state index contributed by atoms with van der Waals surface area (Å²) in [6, 6.07) is 15.7. The number of hydrogen-bond donors (Lipinski definition) is 0. The molecule has 2 aromatic carbocycles. The molecule has 118 valence electrons. The second kappa shape index (κ2) is 6.50. The molecule has 2 aromatic rings. The Morgan fingerprint density at radius 2 is 1.87 bits per heavy atom. The van der Waals surface area contributed by atoms with Crippen LogP contribution in [0.1, 0.15) is 30.5 Å². The molecule has 2 unspecified atom stereocenters. The number of hydrogen-bond acceptors (Lipinski definition) is 2. The molecule has 23 heavy (non-hydrogen) atoms. The van der Waals surface area contributed by atoms with Crippen molar-refractivity contribution >= 4 is 23.2 Å². The summed E-state index contributed by atoms with van der Waals surface area (Å²) in [4.78, 5) is 12.4. The van der Waals surface area contributed by atoms with Gasteiger partial charge in [0.05, 0.1) is 11.8 Å². The Kier molecular flexibility index (Phi) is 4.44. The number of hydrazone groups is 1. The van der Waals surface area contributed by atoms with E-state index in [-0.39, 0.29) is 17.8 Å². The van der Waals surface area contributed by atoms with Crippen molar-refractivity contribution in [2.24, 2.45) is 5.10 Å². The van der Waals surface area contributed by atoms with Crippen LogP contribution in [0.4, 0.5) is 4.39 Å². The fourth-order valence-electron chi connectivity index (χ4n) is 2.65. The molecule has 0 aromatic heterocycles. The highest BCUT2D eigenvalue weighted by Crippen LogP contribution is 2.33. The van der Waals surface area contributed by atoms with E-state index in [1.807, 2.05) is 30.3 Å². The van der Waals surface area contributed by atoms with Crippen molar-refractivity contribution in [1.82, 2.24) is 5.01 Å². The molecular formula is C18H16ClFN2O. The van der Waals surface area contributed by atoms with Crippen LogP contribution in [0.5, 0.6) is 0 Å².